The fourth-order valence-electron chi connectivity index (χ4n) is 2.95. The molecule has 23 heavy (non-hydrogen) atoms. The lowest BCUT2D eigenvalue weighted by molar-refractivity contribution is -0.109. The lowest BCUT2D eigenvalue weighted by atomic mass is 10.4. The topological polar surface area (TPSA) is 17.1 Å². The van der Waals surface area contributed by atoms with E-state index in [1.54, 1.807) is 6.92 Å². The van der Waals surface area contributed by atoms with Gasteiger partial charge in [0.1, 0.15) is 15.9 Å². The van der Waals surface area contributed by atoms with Gasteiger partial charge >= 0.3 is 0 Å². The molecule has 0 fully saturated rings. The molecule has 0 unspecified atom stereocenters. The maximum Gasteiger partial charge on any atom is 0.280 e. The molecule has 3 aromatic rings. The van der Waals surface area contributed by atoms with Crippen LogP contribution in [0, 0.1) is 0 Å². The molecule has 0 aliphatic rings. The number of hydrogen-bond acceptors (Lipinski definition) is 1. The SMILES string of the molecule is CC(=O)[P+](c1ccccc1)(c1ccccc1)c1ccccc1.[Cl-]. The van der Waals surface area contributed by atoms with Gasteiger partial charge in [0.05, 0.1) is 0 Å². The van der Waals surface area contributed by atoms with Crippen molar-refractivity contribution in [2.75, 3.05) is 0 Å². The van der Waals surface area contributed by atoms with Gasteiger partial charge in [0.2, 0.25) is 0 Å². The number of halogens is 1. The zero-order valence-corrected chi connectivity index (χ0v) is 14.5. The van der Waals surface area contributed by atoms with Gasteiger partial charge in [0, 0.05) is 6.92 Å². The van der Waals surface area contributed by atoms with Crippen molar-refractivity contribution < 1.29 is 17.2 Å². The molecule has 0 spiro atoms. The van der Waals surface area contributed by atoms with Gasteiger partial charge in [-0.2, -0.15) is 0 Å². The molecule has 0 aromatic heterocycles. The van der Waals surface area contributed by atoms with Crippen LogP contribution < -0.4 is 28.3 Å². The highest BCUT2D eigenvalue weighted by molar-refractivity contribution is 8.08. The number of carbonyl (C=O) groups excluding carboxylic acids is 1. The van der Waals surface area contributed by atoms with E-state index in [9.17, 15) is 4.79 Å². The van der Waals surface area contributed by atoms with E-state index in [-0.39, 0.29) is 17.9 Å². The van der Waals surface area contributed by atoms with E-state index in [1.165, 1.54) is 0 Å². The minimum Gasteiger partial charge on any atom is -1.00 e. The molecule has 0 bridgehead atoms. The van der Waals surface area contributed by atoms with E-state index in [4.69, 9.17) is 0 Å². The average Bonchev–Trinajstić information content (AvgIpc) is 2.58. The van der Waals surface area contributed by atoms with Crippen molar-refractivity contribution in [1.82, 2.24) is 0 Å². The molecular weight excluding hydrogens is 323 g/mol. The third kappa shape index (κ3) is 3.08. The van der Waals surface area contributed by atoms with Crippen molar-refractivity contribution in [3.63, 3.8) is 0 Å². The number of benzene rings is 3. The van der Waals surface area contributed by atoms with Gasteiger partial charge in [-0.15, -0.1) is 0 Å². The number of rotatable bonds is 4. The normalized spacial score (nSPS) is 10.7. The first-order valence-corrected chi connectivity index (χ1v) is 9.12. The van der Waals surface area contributed by atoms with E-state index in [0.717, 1.165) is 15.9 Å². The van der Waals surface area contributed by atoms with Crippen molar-refractivity contribution in [3.8, 4) is 0 Å². The summed E-state index contributed by atoms with van der Waals surface area (Å²) < 4.78 is 0. The van der Waals surface area contributed by atoms with Gasteiger partial charge in [-0.25, -0.2) is 0 Å². The maximum absolute atomic E-state index is 12.9. The maximum atomic E-state index is 12.9. The van der Waals surface area contributed by atoms with Crippen LogP contribution in [0.25, 0.3) is 0 Å². The third-order valence-electron chi connectivity index (χ3n) is 3.90. The molecule has 116 valence electrons. The molecule has 0 aliphatic carbocycles. The smallest absolute Gasteiger partial charge is 0.280 e. The van der Waals surface area contributed by atoms with E-state index in [0.29, 0.717) is 0 Å². The first kappa shape index (κ1) is 17.4. The van der Waals surface area contributed by atoms with Crippen LogP contribution in [-0.4, -0.2) is 5.52 Å². The quantitative estimate of drug-likeness (QED) is 0.633. The Balaban J connectivity index is 0.00000192. The fourth-order valence-corrected chi connectivity index (χ4v) is 6.79. The summed E-state index contributed by atoms with van der Waals surface area (Å²) in [4.78, 5) is 12.9. The Kier molecular flexibility index (Phi) is 5.71. The highest BCUT2D eigenvalue weighted by Gasteiger charge is 2.50. The summed E-state index contributed by atoms with van der Waals surface area (Å²) in [5.74, 6) is 0. The van der Waals surface area contributed by atoms with Crippen LogP contribution >= 0.6 is 7.26 Å². The monoisotopic (exact) mass is 340 g/mol. The second-order valence-corrected chi connectivity index (χ2v) is 8.72. The summed E-state index contributed by atoms with van der Waals surface area (Å²) in [6, 6.07) is 30.5. The van der Waals surface area contributed by atoms with E-state index in [2.05, 4.69) is 36.4 Å². The molecule has 1 nitrogen and oxygen atoms in total. The van der Waals surface area contributed by atoms with Crippen LogP contribution in [-0.2, 0) is 4.79 Å². The standard InChI is InChI=1S/C20H18OP.ClH/c1-17(21)22(18-11-5-2-6-12-18,19-13-7-3-8-14-19)20-15-9-4-10-16-20;/h2-16H,1H3;1H/q+1;/p-1. The summed E-state index contributed by atoms with van der Waals surface area (Å²) in [6.45, 7) is 1.72. The molecule has 0 saturated heterocycles. The summed E-state index contributed by atoms with van der Waals surface area (Å²) in [5.41, 5.74) is 0.232. The molecular formula is C20H18ClOP. The molecule has 0 radical (unpaired) electrons. The van der Waals surface area contributed by atoms with E-state index < -0.39 is 7.26 Å². The molecule has 3 aromatic carbocycles. The van der Waals surface area contributed by atoms with Crippen LogP contribution in [0.1, 0.15) is 6.92 Å². The molecule has 0 N–H and O–H groups in total. The van der Waals surface area contributed by atoms with Gasteiger partial charge in [-0.1, -0.05) is 54.6 Å². The Morgan fingerprint density at radius 2 is 0.870 bits per heavy atom. The highest BCUT2D eigenvalue weighted by Crippen LogP contribution is 2.55. The van der Waals surface area contributed by atoms with Crippen LogP contribution in [0.4, 0.5) is 0 Å². The van der Waals surface area contributed by atoms with Gasteiger partial charge in [-0.05, 0) is 36.4 Å². The Labute approximate surface area is 144 Å². The van der Waals surface area contributed by atoms with Crippen LogP contribution in [0.3, 0.4) is 0 Å². The van der Waals surface area contributed by atoms with Gasteiger partial charge < -0.3 is 12.4 Å². The number of hydrogen-bond donors (Lipinski definition) is 0. The number of carbonyl (C=O) groups is 1. The Morgan fingerprint density at radius 3 is 1.09 bits per heavy atom. The van der Waals surface area contributed by atoms with Crippen molar-refractivity contribution >= 4 is 28.7 Å². The largest absolute Gasteiger partial charge is 1.00 e. The molecule has 3 rings (SSSR count). The van der Waals surface area contributed by atoms with E-state index >= 15 is 0 Å². The summed E-state index contributed by atoms with van der Waals surface area (Å²) in [7, 11) is -2.26. The molecule has 0 saturated carbocycles. The van der Waals surface area contributed by atoms with Crippen LogP contribution in [0.15, 0.2) is 91.0 Å². The van der Waals surface area contributed by atoms with Crippen molar-refractivity contribution in [3.05, 3.63) is 91.0 Å². The second kappa shape index (κ2) is 7.55. The summed E-state index contributed by atoms with van der Waals surface area (Å²) in [5, 5.41) is 3.33. The minimum atomic E-state index is -2.26. The van der Waals surface area contributed by atoms with Gasteiger partial charge in [0.25, 0.3) is 5.52 Å². The molecule has 0 amide bonds. The lowest BCUT2D eigenvalue weighted by Crippen LogP contribution is -3.00. The van der Waals surface area contributed by atoms with E-state index in [1.807, 2.05) is 54.6 Å². The Morgan fingerprint density at radius 1 is 0.609 bits per heavy atom. The first-order chi connectivity index (χ1) is 10.8. The molecule has 3 heteroatoms. The van der Waals surface area contributed by atoms with Gasteiger partial charge in [0.15, 0.2) is 7.26 Å². The van der Waals surface area contributed by atoms with Crippen LogP contribution in [0.2, 0.25) is 0 Å². The Bertz CT molecular complexity index is 661. The minimum absolute atomic E-state index is 0. The zero-order chi connectivity index (χ0) is 15.4. The zero-order valence-electron chi connectivity index (χ0n) is 12.9. The molecule has 0 atom stereocenters. The highest BCUT2D eigenvalue weighted by atomic mass is 35.5. The summed E-state index contributed by atoms with van der Waals surface area (Å²) >= 11 is 0. The fraction of sp³-hybridized carbons (Fsp3) is 0.0500. The van der Waals surface area contributed by atoms with Crippen LogP contribution in [0.5, 0.6) is 0 Å². The molecule has 0 aliphatic heterocycles. The predicted octanol–water partition coefficient (Wildman–Crippen LogP) is 0.531. The summed E-state index contributed by atoms with van der Waals surface area (Å²) in [6.07, 6.45) is 0. The second-order valence-electron chi connectivity index (χ2n) is 5.20. The Hall–Kier alpha value is -1.95. The third-order valence-corrected chi connectivity index (χ3v) is 8.07. The van der Waals surface area contributed by atoms with Crippen molar-refractivity contribution in [2.24, 2.45) is 0 Å². The average molecular weight is 341 g/mol. The lowest BCUT2D eigenvalue weighted by Gasteiger charge is -2.23. The van der Waals surface area contributed by atoms with Crippen molar-refractivity contribution in [1.29, 1.82) is 0 Å². The van der Waals surface area contributed by atoms with Crippen molar-refractivity contribution in [2.45, 2.75) is 6.92 Å². The first-order valence-electron chi connectivity index (χ1n) is 7.33. The van der Waals surface area contributed by atoms with Gasteiger partial charge in [-0.3, -0.25) is 4.79 Å². The predicted molar refractivity (Wildman–Crippen MR) is 95.8 cm³/mol. The molecule has 0 heterocycles.